The summed E-state index contributed by atoms with van der Waals surface area (Å²) in [7, 11) is 1.55. The molecule has 0 saturated heterocycles. The molecule has 1 rings (SSSR count). The van der Waals surface area contributed by atoms with Gasteiger partial charge in [0.05, 0.1) is 6.61 Å². The van der Waals surface area contributed by atoms with Crippen LogP contribution < -0.4 is 10.1 Å². The third-order valence-electron chi connectivity index (χ3n) is 2.79. The predicted octanol–water partition coefficient (Wildman–Crippen LogP) is 1.10. The number of rotatable bonds is 9. The van der Waals surface area contributed by atoms with Crippen LogP contribution >= 0.6 is 0 Å². The Labute approximate surface area is 120 Å². The first-order valence-electron chi connectivity index (χ1n) is 6.84. The molecule has 0 fully saturated rings. The van der Waals surface area contributed by atoms with Gasteiger partial charge in [0.2, 0.25) is 0 Å². The van der Waals surface area contributed by atoms with E-state index in [1.165, 1.54) is 0 Å². The summed E-state index contributed by atoms with van der Waals surface area (Å²) in [6.07, 6.45) is -1.17. The molecular formula is C15H25NO4. The molecule has 5 nitrogen and oxygen atoms in total. The first-order chi connectivity index (χ1) is 9.52. The standard InChI is InChI=1S/C15H25NO4/c1-11(2)16-8-13(17)9-20-14-6-4-12(5-7-14)15(18)10-19-3/h4-7,11,13,15-18H,8-10H2,1-3H3. The van der Waals surface area contributed by atoms with Gasteiger partial charge >= 0.3 is 0 Å². The topological polar surface area (TPSA) is 71.0 Å². The Balaban J connectivity index is 2.37. The van der Waals surface area contributed by atoms with Crippen molar-refractivity contribution in [3.8, 4) is 5.75 Å². The number of hydrogen-bond donors (Lipinski definition) is 3. The molecule has 0 spiro atoms. The molecule has 5 heteroatoms. The van der Waals surface area contributed by atoms with E-state index in [4.69, 9.17) is 9.47 Å². The zero-order valence-electron chi connectivity index (χ0n) is 12.4. The SMILES string of the molecule is COCC(O)c1ccc(OCC(O)CNC(C)C)cc1. The van der Waals surface area contributed by atoms with Crippen molar-refractivity contribution in [3.63, 3.8) is 0 Å². The average Bonchev–Trinajstić information content (AvgIpc) is 2.43. The highest BCUT2D eigenvalue weighted by atomic mass is 16.5. The molecule has 2 atom stereocenters. The van der Waals surface area contributed by atoms with Crippen molar-refractivity contribution in [1.82, 2.24) is 5.32 Å². The van der Waals surface area contributed by atoms with Gasteiger partial charge in [-0.25, -0.2) is 0 Å². The Morgan fingerprint density at radius 2 is 1.75 bits per heavy atom. The van der Waals surface area contributed by atoms with Crippen LogP contribution in [0.5, 0.6) is 5.75 Å². The molecule has 0 radical (unpaired) electrons. The van der Waals surface area contributed by atoms with Crippen LogP contribution in [0.2, 0.25) is 0 Å². The Bertz CT molecular complexity index is 367. The van der Waals surface area contributed by atoms with Crippen LogP contribution in [-0.4, -0.2) is 49.2 Å². The molecule has 0 aliphatic carbocycles. The van der Waals surface area contributed by atoms with Gasteiger partial charge in [0.25, 0.3) is 0 Å². The summed E-state index contributed by atoms with van der Waals surface area (Å²) >= 11 is 0. The second kappa shape index (κ2) is 8.92. The van der Waals surface area contributed by atoms with Gasteiger partial charge in [-0.1, -0.05) is 26.0 Å². The normalized spacial score (nSPS) is 14.3. The van der Waals surface area contributed by atoms with Gasteiger partial charge in [-0.3, -0.25) is 0 Å². The van der Waals surface area contributed by atoms with E-state index in [2.05, 4.69) is 5.32 Å². The van der Waals surface area contributed by atoms with E-state index in [1.54, 1.807) is 31.4 Å². The van der Waals surface area contributed by atoms with E-state index >= 15 is 0 Å². The molecule has 0 amide bonds. The minimum absolute atomic E-state index is 0.236. The quantitative estimate of drug-likeness (QED) is 0.633. The van der Waals surface area contributed by atoms with Gasteiger partial charge in [-0.15, -0.1) is 0 Å². The Kier molecular flexibility index (Phi) is 7.54. The van der Waals surface area contributed by atoms with E-state index in [9.17, 15) is 10.2 Å². The predicted molar refractivity (Wildman–Crippen MR) is 77.9 cm³/mol. The van der Waals surface area contributed by atoms with E-state index in [1.807, 2.05) is 13.8 Å². The maximum atomic E-state index is 9.74. The van der Waals surface area contributed by atoms with Gasteiger partial charge in [-0.2, -0.15) is 0 Å². The minimum atomic E-state index is -0.630. The molecule has 1 aromatic rings. The fraction of sp³-hybridized carbons (Fsp3) is 0.600. The van der Waals surface area contributed by atoms with Crippen molar-refractivity contribution in [3.05, 3.63) is 29.8 Å². The van der Waals surface area contributed by atoms with Crippen molar-refractivity contribution in [1.29, 1.82) is 0 Å². The average molecular weight is 283 g/mol. The lowest BCUT2D eigenvalue weighted by Gasteiger charge is -2.15. The summed E-state index contributed by atoms with van der Waals surface area (Å²) in [4.78, 5) is 0. The molecule has 20 heavy (non-hydrogen) atoms. The largest absolute Gasteiger partial charge is 0.491 e. The highest BCUT2D eigenvalue weighted by Gasteiger charge is 2.08. The number of benzene rings is 1. The van der Waals surface area contributed by atoms with Crippen LogP contribution in [0.25, 0.3) is 0 Å². The maximum absolute atomic E-state index is 9.74. The zero-order valence-corrected chi connectivity index (χ0v) is 12.4. The van der Waals surface area contributed by atoms with Crippen molar-refractivity contribution < 1.29 is 19.7 Å². The first-order valence-corrected chi connectivity index (χ1v) is 6.84. The fourth-order valence-electron chi connectivity index (χ4n) is 1.66. The summed E-state index contributed by atoms with van der Waals surface area (Å²) in [5.41, 5.74) is 0.779. The van der Waals surface area contributed by atoms with Crippen molar-refractivity contribution in [2.75, 3.05) is 26.9 Å². The number of methoxy groups -OCH3 is 1. The smallest absolute Gasteiger partial charge is 0.119 e. The van der Waals surface area contributed by atoms with Gasteiger partial charge in [0.1, 0.15) is 24.6 Å². The third kappa shape index (κ3) is 6.34. The second-order valence-electron chi connectivity index (χ2n) is 5.07. The van der Waals surface area contributed by atoms with Crippen molar-refractivity contribution >= 4 is 0 Å². The number of nitrogens with one attached hydrogen (secondary N) is 1. The van der Waals surface area contributed by atoms with Crippen LogP contribution in [0.15, 0.2) is 24.3 Å². The van der Waals surface area contributed by atoms with Gasteiger partial charge < -0.3 is 25.0 Å². The lowest BCUT2D eigenvalue weighted by atomic mass is 10.1. The number of ether oxygens (including phenoxy) is 2. The number of aliphatic hydroxyl groups excluding tert-OH is 2. The summed E-state index contributed by atoms with van der Waals surface area (Å²) in [5, 5.41) is 22.6. The molecule has 0 aromatic heterocycles. The maximum Gasteiger partial charge on any atom is 0.119 e. The lowest BCUT2D eigenvalue weighted by molar-refractivity contribution is 0.0643. The van der Waals surface area contributed by atoms with Gasteiger partial charge in [0.15, 0.2) is 0 Å². The number of aliphatic hydroxyl groups is 2. The summed E-state index contributed by atoms with van der Waals surface area (Å²) < 4.78 is 10.4. The molecule has 0 heterocycles. The highest BCUT2D eigenvalue weighted by molar-refractivity contribution is 5.28. The Morgan fingerprint density at radius 3 is 2.30 bits per heavy atom. The van der Waals surface area contributed by atoms with E-state index in [0.717, 1.165) is 5.56 Å². The van der Waals surface area contributed by atoms with Crippen LogP contribution in [-0.2, 0) is 4.74 Å². The molecule has 114 valence electrons. The van der Waals surface area contributed by atoms with Crippen molar-refractivity contribution in [2.45, 2.75) is 32.1 Å². The van der Waals surface area contributed by atoms with Crippen LogP contribution in [0, 0.1) is 0 Å². The molecule has 2 unspecified atom stereocenters. The monoisotopic (exact) mass is 283 g/mol. The lowest BCUT2D eigenvalue weighted by Crippen LogP contribution is -2.35. The van der Waals surface area contributed by atoms with Crippen molar-refractivity contribution in [2.24, 2.45) is 0 Å². The van der Waals surface area contributed by atoms with E-state index in [0.29, 0.717) is 18.3 Å². The molecular weight excluding hydrogens is 258 g/mol. The summed E-state index contributed by atoms with van der Waals surface area (Å²) in [6.45, 7) is 5.05. The Morgan fingerprint density at radius 1 is 1.10 bits per heavy atom. The van der Waals surface area contributed by atoms with Gasteiger partial charge in [-0.05, 0) is 17.7 Å². The molecule has 0 aliphatic heterocycles. The van der Waals surface area contributed by atoms with Gasteiger partial charge in [0, 0.05) is 19.7 Å². The third-order valence-corrected chi connectivity index (χ3v) is 2.79. The first kappa shape index (κ1) is 16.9. The van der Waals surface area contributed by atoms with Crippen LogP contribution in [0.1, 0.15) is 25.5 Å². The van der Waals surface area contributed by atoms with Crippen LogP contribution in [0.3, 0.4) is 0 Å². The van der Waals surface area contributed by atoms with E-state index < -0.39 is 12.2 Å². The summed E-state index contributed by atoms with van der Waals surface area (Å²) in [6, 6.07) is 7.47. The second-order valence-corrected chi connectivity index (χ2v) is 5.07. The Hall–Kier alpha value is -1.14. The minimum Gasteiger partial charge on any atom is -0.491 e. The fourth-order valence-corrected chi connectivity index (χ4v) is 1.66. The molecule has 3 N–H and O–H groups in total. The molecule has 0 saturated carbocycles. The molecule has 0 bridgehead atoms. The highest BCUT2D eigenvalue weighted by Crippen LogP contribution is 2.18. The number of hydrogen-bond acceptors (Lipinski definition) is 5. The zero-order chi connectivity index (χ0) is 15.0. The van der Waals surface area contributed by atoms with E-state index in [-0.39, 0.29) is 13.2 Å². The molecule has 1 aromatic carbocycles. The van der Waals surface area contributed by atoms with Crippen LogP contribution in [0.4, 0.5) is 0 Å². The molecule has 0 aliphatic rings. The summed E-state index contributed by atoms with van der Waals surface area (Å²) in [5.74, 6) is 0.668.